The number of nitrogens with zero attached hydrogens (tertiary/aromatic N) is 4. The van der Waals surface area contributed by atoms with E-state index < -0.39 is 0 Å². The molecule has 0 bridgehead atoms. The molecule has 28 heavy (non-hydrogen) atoms. The number of aliphatic hydroxyl groups is 1. The molecule has 1 aliphatic rings. The third-order valence-corrected chi connectivity index (χ3v) is 5.90. The van der Waals surface area contributed by atoms with Crippen molar-refractivity contribution in [2.45, 2.75) is 37.8 Å². The van der Waals surface area contributed by atoms with Crippen LogP contribution in [0.3, 0.4) is 0 Å². The lowest BCUT2D eigenvalue weighted by Crippen LogP contribution is -2.28. The van der Waals surface area contributed by atoms with E-state index in [4.69, 9.17) is 0 Å². The van der Waals surface area contributed by atoms with Crippen LogP contribution in [0, 0.1) is 0 Å². The van der Waals surface area contributed by atoms with E-state index in [1.807, 2.05) is 0 Å². The number of hydrogen-bond donors (Lipinski definition) is 4. The van der Waals surface area contributed by atoms with E-state index >= 15 is 0 Å². The second kappa shape index (κ2) is 8.14. The number of phenolic OH excluding ortho intramolecular Hbond substituents is 1. The summed E-state index contributed by atoms with van der Waals surface area (Å²) in [6.07, 6.45) is 6.25. The molecule has 3 aromatic rings. The fraction of sp³-hybridized carbons (Fsp3) is 0.333. The summed E-state index contributed by atoms with van der Waals surface area (Å²) in [5.74, 6) is 1.18. The Labute approximate surface area is 178 Å². The maximum Gasteiger partial charge on any atom is 0.223 e. The van der Waals surface area contributed by atoms with Crippen LogP contribution in [-0.2, 0) is 0 Å². The van der Waals surface area contributed by atoms with Gasteiger partial charge in [0.2, 0.25) is 5.95 Å². The van der Waals surface area contributed by atoms with Gasteiger partial charge in [0.15, 0.2) is 5.82 Å². The standard InChI is InChI=1S/C18H18Br2N6O2/c19-12-5-10(6-13(20)16(12)28)24-17-15-14(22-8-23-17)7-21-18(26-15)25-9-1-3-11(27)4-2-9/h5-9,11,27-28H,1-4H2,(H,21,25,26)(H,22,23,24). The number of aliphatic hydroxyl groups excluding tert-OH is 1. The Morgan fingerprint density at radius 2 is 1.71 bits per heavy atom. The van der Waals surface area contributed by atoms with Crippen molar-refractivity contribution in [3.05, 3.63) is 33.6 Å². The van der Waals surface area contributed by atoms with Gasteiger partial charge >= 0.3 is 0 Å². The van der Waals surface area contributed by atoms with E-state index in [1.54, 1.807) is 18.3 Å². The van der Waals surface area contributed by atoms with E-state index in [1.165, 1.54) is 6.33 Å². The molecular weight excluding hydrogens is 492 g/mol. The predicted octanol–water partition coefficient (Wildman–Crippen LogP) is 4.11. The molecule has 0 aliphatic heterocycles. The van der Waals surface area contributed by atoms with Gasteiger partial charge in [0.25, 0.3) is 0 Å². The Bertz CT molecular complexity index is 988. The Morgan fingerprint density at radius 3 is 2.43 bits per heavy atom. The van der Waals surface area contributed by atoms with Gasteiger partial charge in [-0.1, -0.05) is 0 Å². The molecule has 146 valence electrons. The number of nitrogens with one attached hydrogen (secondary N) is 2. The topological polar surface area (TPSA) is 116 Å². The van der Waals surface area contributed by atoms with E-state index in [2.05, 4.69) is 62.4 Å². The number of fused-ring (bicyclic) bond motifs is 1. The van der Waals surface area contributed by atoms with Gasteiger partial charge in [-0.15, -0.1) is 0 Å². The molecule has 1 saturated carbocycles. The Hall–Kier alpha value is -2.04. The quantitative estimate of drug-likeness (QED) is 0.388. The van der Waals surface area contributed by atoms with Crippen LogP contribution in [0.5, 0.6) is 5.75 Å². The highest BCUT2D eigenvalue weighted by atomic mass is 79.9. The van der Waals surface area contributed by atoms with Gasteiger partial charge in [0.1, 0.15) is 23.1 Å². The zero-order valence-corrected chi connectivity index (χ0v) is 17.9. The molecule has 0 radical (unpaired) electrons. The number of aromatic nitrogens is 4. The van der Waals surface area contributed by atoms with E-state index in [-0.39, 0.29) is 17.9 Å². The molecule has 2 aromatic heterocycles. The van der Waals surface area contributed by atoms with Crippen LogP contribution in [0.2, 0.25) is 0 Å². The lowest BCUT2D eigenvalue weighted by Gasteiger charge is -2.26. The minimum atomic E-state index is -0.205. The Kier molecular flexibility index (Phi) is 5.61. The molecule has 1 fully saturated rings. The second-order valence-electron chi connectivity index (χ2n) is 6.71. The van der Waals surface area contributed by atoms with Crippen molar-refractivity contribution < 1.29 is 10.2 Å². The summed E-state index contributed by atoms with van der Waals surface area (Å²) < 4.78 is 1.11. The molecule has 0 spiro atoms. The van der Waals surface area contributed by atoms with Gasteiger partial charge in [-0.25, -0.2) is 19.9 Å². The number of halogens is 2. The fourth-order valence-electron chi connectivity index (χ4n) is 3.19. The maximum absolute atomic E-state index is 9.89. The fourth-order valence-corrected chi connectivity index (χ4v) is 4.38. The summed E-state index contributed by atoms with van der Waals surface area (Å²) in [5.41, 5.74) is 1.95. The van der Waals surface area contributed by atoms with Crippen molar-refractivity contribution >= 4 is 60.3 Å². The monoisotopic (exact) mass is 508 g/mol. The lowest BCUT2D eigenvalue weighted by atomic mass is 9.93. The van der Waals surface area contributed by atoms with Crippen LogP contribution >= 0.6 is 31.9 Å². The summed E-state index contributed by atoms with van der Waals surface area (Å²) in [4.78, 5) is 17.5. The first kappa shape index (κ1) is 19.3. The van der Waals surface area contributed by atoms with E-state index in [0.717, 1.165) is 31.4 Å². The minimum Gasteiger partial charge on any atom is -0.506 e. The first-order valence-electron chi connectivity index (χ1n) is 8.87. The summed E-state index contributed by atoms with van der Waals surface area (Å²) in [7, 11) is 0. The van der Waals surface area contributed by atoms with Crippen LogP contribution in [0.15, 0.2) is 33.6 Å². The first-order valence-corrected chi connectivity index (χ1v) is 10.5. The summed E-state index contributed by atoms with van der Waals surface area (Å²) in [5, 5.41) is 26.1. The van der Waals surface area contributed by atoms with Gasteiger partial charge in [0, 0.05) is 11.7 Å². The van der Waals surface area contributed by atoms with Crippen LogP contribution < -0.4 is 10.6 Å². The molecule has 2 heterocycles. The van der Waals surface area contributed by atoms with Crippen LogP contribution in [0.1, 0.15) is 25.7 Å². The van der Waals surface area contributed by atoms with E-state index in [9.17, 15) is 10.2 Å². The largest absolute Gasteiger partial charge is 0.506 e. The van der Waals surface area contributed by atoms with Crippen molar-refractivity contribution in [2.75, 3.05) is 10.6 Å². The zero-order chi connectivity index (χ0) is 19.7. The average molecular weight is 510 g/mol. The number of phenols is 1. The summed E-state index contributed by atoms with van der Waals surface area (Å²) in [6, 6.07) is 3.74. The highest BCUT2D eigenvalue weighted by Crippen LogP contribution is 2.36. The second-order valence-corrected chi connectivity index (χ2v) is 8.42. The molecule has 1 aromatic carbocycles. The normalized spacial score (nSPS) is 19.5. The Balaban J connectivity index is 1.61. The van der Waals surface area contributed by atoms with Crippen molar-refractivity contribution in [1.82, 2.24) is 19.9 Å². The Morgan fingerprint density at radius 1 is 1.00 bits per heavy atom. The smallest absolute Gasteiger partial charge is 0.223 e. The molecular formula is C18H18Br2N6O2. The number of rotatable bonds is 4. The van der Waals surface area contributed by atoms with E-state index in [0.29, 0.717) is 31.7 Å². The third kappa shape index (κ3) is 4.18. The average Bonchev–Trinajstić information content (AvgIpc) is 2.68. The molecule has 4 rings (SSSR count). The number of anilines is 3. The molecule has 0 saturated heterocycles. The molecule has 0 unspecified atom stereocenters. The van der Waals surface area contributed by atoms with Crippen molar-refractivity contribution in [3.63, 3.8) is 0 Å². The predicted molar refractivity (Wildman–Crippen MR) is 114 cm³/mol. The summed E-state index contributed by atoms with van der Waals surface area (Å²) >= 11 is 6.65. The van der Waals surface area contributed by atoms with Crippen LogP contribution in [0.25, 0.3) is 11.0 Å². The third-order valence-electron chi connectivity index (χ3n) is 4.69. The zero-order valence-electron chi connectivity index (χ0n) is 14.7. The number of aromatic hydroxyl groups is 1. The number of hydrogen-bond acceptors (Lipinski definition) is 8. The summed E-state index contributed by atoms with van der Waals surface area (Å²) in [6.45, 7) is 0. The van der Waals surface area contributed by atoms with Gasteiger partial charge < -0.3 is 20.8 Å². The van der Waals surface area contributed by atoms with Crippen molar-refractivity contribution in [1.29, 1.82) is 0 Å². The molecule has 1 aliphatic carbocycles. The molecule has 0 atom stereocenters. The molecule has 10 heteroatoms. The first-order chi connectivity index (χ1) is 13.5. The van der Waals surface area contributed by atoms with Crippen molar-refractivity contribution in [3.8, 4) is 5.75 Å². The van der Waals surface area contributed by atoms with Crippen molar-refractivity contribution in [2.24, 2.45) is 0 Å². The minimum absolute atomic E-state index is 0.129. The molecule has 4 N–H and O–H groups in total. The maximum atomic E-state index is 9.89. The van der Waals surface area contributed by atoms with Crippen LogP contribution in [-0.4, -0.2) is 42.3 Å². The molecule has 8 nitrogen and oxygen atoms in total. The van der Waals surface area contributed by atoms with Gasteiger partial charge in [-0.05, 0) is 69.7 Å². The van der Waals surface area contributed by atoms with Gasteiger partial charge in [-0.2, -0.15) is 0 Å². The van der Waals surface area contributed by atoms with Gasteiger partial charge in [0.05, 0.1) is 21.2 Å². The lowest BCUT2D eigenvalue weighted by molar-refractivity contribution is 0.126. The SMILES string of the molecule is Oc1c(Br)cc(Nc2ncnc3cnc(NC4CCC(O)CC4)nc23)cc1Br. The highest BCUT2D eigenvalue weighted by molar-refractivity contribution is 9.11. The highest BCUT2D eigenvalue weighted by Gasteiger charge is 2.20. The van der Waals surface area contributed by atoms with Crippen LogP contribution in [0.4, 0.5) is 17.5 Å². The number of benzene rings is 1. The molecule has 0 amide bonds. The van der Waals surface area contributed by atoms with Gasteiger partial charge in [-0.3, -0.25) is 0 Å².